The summed E-state index contributed by atoms with van der Waals surface area (Å²) < 4.78 is 5.38. The largest absolute Gasteiger partial charge is 0.398 e. The van der Waals surface area contributed by atoms with Crippen LogP contribution in [0.2, 0.25) is 0 Å². The molecule has 1 atom stereocenters. The zero-order valence-electron chi connectivity index (χ0n) is 11.9. The number of benzene rings is 1. The maximum atomic E-state index is 11.7. The predicted octanol–water partition coefficient (Wildman–Crippen LogP) is 0.816. The van der Waals surface area contributed by atoms with Crippen molar-refractivity contribution in [2.24, 2.45) is 5.73 Å². The highest BCUT2D eigenvalue weighted by molar-refractivity contribution is 6.02. The normalized spacial score (nSPS) is 18.9. The lowest BCUT2D eigenvalue weighted by atomic mass is 10.1. The number of morpholine rings is 1. The van der Waals surface area contributed by atoms with Crippen molar-refractivity contribution in [1.82, 2.24) is 4.98 Å². The smallest absolute Gasteiger partial charge is 0.242 e. The van der Waals surface area contributed by atoms with Crippen LogP contribution in [0, 0.1) is 6.92 Å². The molecule has 1 aliphatic rings. The van der Waals surface area contributed by atoms with E-state index < -0.39 is 6.04 Å². The van der Waals surface area contributed by atoms with Crippen molar-refractivity contribution < 1.29 is 9.53 Å². The molecule has 3 rings (SSSR count). The average Bonchev–Trinajstić information content (AvgIpc) is 2.47. The Morgan fingerprint density at radius 1 is 1.43 bits per heavy atom. The third kappa shape index (κ3) is 2.38. The molecule has 4 N–H and O–H groups in total. The van der Waals surface area contributed by atoms with Crippen LogP contribution in [0.15, 0.2) is 24.4 Å². The number of amides is 1. The molecule has 0 bridgehead atoms. The predicted molar refractivity (Wildman–Crippen MR) is 82.0 cm³/mol. The molecule has 0 radical (unpaired) electrons. The summed E-state index contributed by atoms with van der Waals surface area (Å²) >= 11 is 0. The number of carbonyl (C=O) groups is 1. The summed E-state index contributed by atoms with van der Waals surface area (Å²) in [5, 5.41) is 1.86. The van der Waals surface area contributed by atoms with Gasteiger partial charge in [0, 0.05) is 40.6 Å². The van der Waals surface area contributed by atoms with E-state index in [2.05, 4.69) is 4.98 Å². The van der Waals surface area contributed by atoms with Crippen molar-refractivity contribution in [3.63, 3.8) is 0 Å². The zero-order valence-corrected chi connectivity index (χ0v) is 11.9. The second-order valence-electron chi connectivity index (χ2n) is 5.23. The van der Waals surface area contributed by atoms with Gasteiger partial charge in [-0.2, -0.15) is 0 Å². The van der Waals surface area contributed by atoms with E-state index in [0.29, 0.717) is 25.4 Å². The SMILES string of the molecule is Cc1cc2c(N3CCOCC3C(N)=O)ccc(N)c2cn1. The van der Waals surface area contributed by atoms with E-state index in [1.807, 2.05) is 30.0 Å². The van der Waals surface area contributed by atoms with Crippen molar-refractivity contribution in [1.29, 1.82) is 0 Å². The molecule has 0 aliphatic carbocycles. The van der Waals surface area contributed by atoms with Crippen molar-refractivity contribution >= 4 is 28.1 Å². The molecule has 1 fully saturated rings. The lowest BCUT2D eigenvalue weighted by Crippen LogP contribution is -2.52. The number of hydrogen-bond donors (Lipinski definition) is 2. The third-order valence-corrected chi connectivity index (χ3v) is 3.81. The van der Waals surface area contributed by atoms with Gasteiger partial charge in [0.1, 0.15) is 6.04 Å². The number of fused-ring (bicyclic) bond motifs is 1. The van der Waals surface area contributed by atoms with Gasteiger partial charge in [0.05, 0.1) is 13.2 Å². The maximum absolute atomic E-state index is 11.7. The van der Waals surface area contributed by atoms with E-state index in [0.717, 1.165) is 22.2 Å². The van der Waals surface area contributed by atoms with Crippen molar-refractivity contribution in [2.45, 2.75) is 13.0 Å². The number of nitrogens with zero attached hydrogens (tertiary/aromatic N) is 2. The van der Waals surface area contributed by atoms with Gasteiger partial charge in [-0.3, -0.25) is 9.78 Å². The van der Waals surface area contributed by atoms with E-state index in [9.17, 15) is 4.79 Å². The Kier molecular flexibility index (Phi) is 3.39. The summed E-state index contributed by atoms with van der Waals surface area (Å²) in [4.78, 5) is 18.0. The van der Waals surface area contributed by atoms with Crippen LogP contribution in [0.25, 0.3) is 10.8 Å². The number of ether oxygens (including phenoxy) is 1. The fraction of sp³-hybridized carbons (Fsp3) is 0.333. The van der Waals surface area contributed by atoms with Gasteiger partial charge in [-0.25, -0.2) is 0 Å². The Hall–Kier alpha value is -2.34. The monoisotopic (exact) mass is 286 g/mol. The van der Waals surface area contributed by atoms with Gasteiger partial charge in [0.15, 0.2) is 0 Å². The molecule has 1 aromatic carbocycles. The van der Waals surface area contributed by atoms with Gasteiger partial charge in [0.25, 0.3) is 0 Å². The highest BCUT2D eigenvalue weighted by Gasteiger charge is 2.29. The first-order valence-electron chi connectivity index (χ1n) is 6.86. The van der Waals surface area contributed by atoms with Crippen molar-refractivity contribution in [2.75, 3.05) is 30.4 Å². The topological polar surface area (TPSA) is 94.5 Å². The van der Waals surface area contributed by atoms with Crippen LogP contribution >= 0.6 is 0 Å². The van der Waals surface area contributed by atoms with Gasteiger partial charge in [0.2, 0.25) is 5.91 Å². The number of primary amides is 1. The Balaban J connectivity index is 2.17. The van der Waals surface area contributed by atoms with E-state index in [1.54, 1.807) is 6.20 Å². The number of hydrogen-bond acceptors (Lipinski definition) is 5. The Morgan fingerprint density at radius 2 is 2.24 bits per heavy atom. The van der Waals surface area contributed by atoms with Crippen LogP contribution in [0.1, 0.15) is 5.69 Å². The lowest BCUT2D eigenvalue weighted by Gasteiger charge is -2.36. The van der Waals surface area contributed by atoms with Crippen molar-refractivity contribution in [3.05, 3.63) is 30.1 Å². The number of carbonyl (C=O) groups excluding carboxylic acids is 1. The summed E-state index contributed by atoms with van der Waals surface area (Å²) in [6.07, 6.45) is 1.77. The average molecular weight is 286 g/mol. The molecule has 6 nitrogen and oxygen atoms in total. The lowest BCUT2D eigenvalue weighted by molar-refractivity contribution is -0.121. The van der Waals surface area contributed by atoms with Gasteiger partial charge in [-0.15, -0.1) is 0 Å². The molecule has 0 saturated carbocycles. The number of pyridine rings is 1. The summed E-state index contributed by atoms with van der Waals surface area (Å²) in [6, 6.07) is 5.29. The number of nitrogens with two attached hydrogens (primary N) is 2. The second-order valence-corrected chi connectivity index (χ2v) is 5.23. The first-order valence-corrected chi connectivity index (χ1v) is 6.86. The first kappa shape index (κ1) is 13.6. The molecule has 1 amide bonds. The fourth-order valence-electron chi connectivity index (χ4n) is 2.73. The Bertz CT molecular complexity index is 701. The molecular formula is C15H18N4O2. The van der Waals surface area contributed by atoms with E-state index in [-0.39, 0.29) is 5.91 Å². The number of anilines is 2. The van der Waals surface area contributed by atoms with E-state index in [4.69, 9.17) is 16.2 Å². The van der Waals surface area contributed by atoms with Gasteiger partial charge in [-0.1, -0.05) is 0 Å². The minimum atomic E-state index is -0.459. The molecule has 1 aliphatic heterocycles. The van der Waals surface area contributed by atoms with E-state index in [1.165, 1.54) is 0 Å². The Labute approximate surface area is 122 Å². The first-order chi connectivity index (χ1) is 10.1. The van der Waals surface area contributed by atoms with Gasteiger partial charge in [-0.05, 0) is 25.1 Å². The number of nitrogen functional groups attached to an aromatic ring is 1. The van der Waals surface area contributed by atoms with Crippen LogP contribution < -0.4 is 16.4 Å². The molecule has 1 unspecified atom stereocenters. The highest BCUT2D eigenvalue weighted by atomic mass is 16.5. The molecule has 21 heavy (non-hydrogen) atoms. The van der Waals surface area contributed by atoms with E-state index >= 15 is 0 Å². The van der Waals surface area contributed by atoms with Crippen LogP contribution in [0.4, 0.5) is 11.4 Å². The summed E-state index contributed by atoms with van der Waals surface area (Å²) in [5.41, 5.74) is 14.0. The molecule has 2 heterocycles. The quantitative estimate of drug-likeness (QED) is 0.797. The number of aromatic nitrogens is 1. The minimum absolute atomic E-state index is 0.311. The maximum Gasteiger partial charge on any atom is 0.242 e. The molecule has 1 aromatic heterocycles. The van der Waals surface area contributed by atoms with Crippen LogP contribution in [0.5, 0.6) is 0 Å². The molecule has 0 spiro atoms. The fourth-order valence-corrected chi connectivity index (χ4v) is 2.73. The van der Waals surface area contributed by atoms with Gasteiger partial charge < -0.3 is 21.1 Å². The summed E-state index contributed by atoms with van der Waals surface area (Å²) in [6.45, 7) is 3.43. The standard InChI is InChI=1S/C15H18N4O2/c1-9-6-10-11(7-18-9)12(16)2-3-13(10)19-4-5-21-8-14(19)15(17)20/h2-3,6-7,14H,4-5,8,16H2,1H3,(H2,17,20). The minimum Gasteiger partial charge on any atom is -0.398 e. The molecular weight excluding hydrogens is 268 g/mol. The third-order valence-electron chi connectivity index (χ3n) is 3.81. The van der Waals surface area contributed by atoms with Crippen LogP contribution in [0.3, 0.4) is 0 Å². The zero-order chi connectivity index (χ0) is 15.0. The highest BCUT2D eigenvalue weighted by Crippen LogP contribution is 2.32. The Morgan fingerprint density at radius 3 is 3.00 bits per heavy atom. The molecule has 2 aromatic rings. The molecule has 6 heteroatoms. The summed E-state index contributed by atoms with van der Waals surface area (Å²) in [5.74, 6) is -0.384. The molecule has 110 valence electrons. The number of aryl methyl sites for hydroxylation is 1. The summed E-state index contributed by atoms with van der Waals surface area (Å²) in [7, 11) is 0. The van der Waals surface area contributed by atoms with Crippen molar-refractivity contribution in [3.8, 4) is 0 Å². The number of rotatable bonds is 2. The van der Waals surface area contributed by atoms with Crippen LogP contribution in [-0.2, 0) is 9.53 Å². The molecule has 1 saturated heterocycles. The second kappa shape index (κ2) is 5.21. The van der Waals surface area contributed by atoms with Gasteiger partial charge >= 0.3 is 0 Å². The van der Waals surface area contributed by atoms with Crippen LogP contribution in [-0.4, -0.2) is 36.7 Å².